The van der Waals surface area contributed by atoms with Crippen LogP contribution in [0, 0.1) is 0 Å². The number of benzene rings is 1. The zero-order valence-corrected chi connectivity index (χ0v) is 11.1. The maximum atomic E-state index is 12.0. The fraction of sp³-hybridized carbons (Fsp3) is 0.571. The van der Waals surface area contributed by atoms with Gasteiger partial charge in [0.1, 0.15) is 0 Å². The van der Waals surface area contributed by atoms with Crippen molar-refractivity contribution in [3.63, 3.8) is 0 Å². The molecule has 2 nitrogen and oxygen atoms in total. The Morgan fingerprint density at radius 1 is 1.16 bits per heavy atom. The van der Waals surface area contributed by atoms with E-state index in [0.29, 0.717) is 0 Å². The van der Waals surface area contributed by atoms with Gasteiger partial charge in [-0.25, -0.2) is 0 Å². The number of alkyl halides is 3. The maximum Gasteiger partial charge on any atom is 0.391 e. The van der Waals surface area contributed by atoms with Gasteiger partial charge in [-0.2, -0.15) is 13.2 Å². The summed E-state index contributed by atoms with van der Waals surface area (Å²) in [5.41, 5.74) is 2.08. The second kappa shape index (κ2) is 8.17. The highest BCUT2D eigenvalue weighted by Crippen LogP contribution is 2.19. The van der Waals surface area contributed by atoms with Crippen molar-refractivity contribution < 1.29 is 17.9 Å². The van der Waals surface area contributed by atoms with Gasteiger partial charge in [-0.3, -0.25) is 0 Å². The third kappa shape index (κ3) is 7.18. The van der Waals surface area contributed by atoms with Crippen molar-refractivity contribution in [1.82, 2.24) is 5.32 Å². The third-order valence-corrected chi connectivity index (χ3v) is 2.73. The van der Waals surface area contributed by atoms with Gasteiger partial charge in [-0.1, -0.05) is 31.2 Å². The van der Waals surface area contributed by atoms with Crippen LogP contribution in [0.5, 0.6) is 0 Å². The first-order valence-electron chi connectivity index (χ1n) is 6.45. The number of likely N-dealkylation sites (N-methyl/N-ethyl adjacent to an activating group) is 1. The molecule has 0 fully saturated rings. The minimum absolute atomic E-state index is 0.235. The first kappa shape index (κ1) is 16.0. The number of rotatable bonds is 8. The van der Waals surface area contributed by atoms with Crippen molar-refractivity contribution in [2.45, 2.75) is 32.5 Å². The largest absolute Gasteiger partial charge is 0.391 e. The summed E-state index contributed by atoms with van der Waals surface area (Å²) in [5.74, 6) is 0. The lowest BCUT2D eigenvalue weighted by molar-refractivity contribution is -0.146. The molecule has 0 heterocycles. The van der Waals surface area contributed by atoms with Gasteiger partial charge in [0.25, 0.3) is 0 Å². The second-order valence-electron chi connectivity index (χ2n) is 4.29. The average Bonchev–Trinajstić information content (AvgIpc) is 2.35. The summed E-state index contributed by atoms with van der Waals surface area (Å²) in [6.07, 6.45) is -4.19. The summed E-state index contributed by atoms with van der Waals surface area (Å²) < 4.78 is 41.0. The van der Waals surface area contributed by atoms with Gasteiger partial charge in [0.15, 0.2) is 0 Å². The highest BCUT2D eigenvalue weighted by Gasteiger charge is 2.26. The summed E-state index contributed by atoms with van der Waals surface area (Å²) in [4.78, 5) is 0. The molecule has 0 aromatic heterocycles. The zero-order chi connectivity index (χ0) is 14.1. The molecule has 108 valence electrons. The molecule has 0 saturated heterocycles. The van der Waals surface area contributed by atoms with E-state index in [4.69, 9.17) is 4.74 Å². The summed E-state index contributed by atoms with van der Waals surface area (Å²) in [5, 5.41) is 3.22. The molecule has 0 aliphatic carbocycles. The summed E-state index contributed by atoms with van der Waals surface area (Å²) in [7, 11) is 0. The summed E-state index contributed by atoms with van der Waals surface area (Å²) in [6.45, 7) is 3.75. The Hall–Kier alpha value is -1.07. The molecule has 0 aliphatic rings. The van der Waals surface area contributed by atoms with Crippen molar-refractivity contribution in [3.8, 4) is 0 Å². The Bertz CT molecular complexity index is 366. The lowest BCUT2D eigenvalue weighted by Gasteiger charge is -2.11. The van der Waals surface area contributed by atoms with Gasteiger partial charge in [0, 0.05) is 0 Å². The van der Waals surface area contributed by atoms with Gasteiger partial charge in [-0.05, 0) is 30.6 Å². The van der Waals surface area contributed by atoms with E-state index in [-0.39, 0.29) is 13.2 Å². The quantitative estimate of drug-likeness (QED) is 0.735. The molecule has 0 atom stereocenters. The van der Waals surface area contributed by atoms with Crippen molar-refractivity contribution in [2.24, 2.45) is 0 Å². The predicted molar refractivity (Wildman–Crippen MR) is 69.0 cm³/mol. The fourth-order valence-electron chi connectivity index (χ4n) is 1.71. The van der Waals surface area contributed by atoms with Crippen LogP contribution in [0.3, 0.4) is 0 Å². The molecular formula is C14H20F3NO. The first-order valence-corrected chi connectivity index (χ1v) is 6.45. The number of hydrogen-bond donors (Lipinski definition) is 1. The van der Waals surface area contributed by atoms with Crippen LogP contribution in [0.2, 0.25) is 0 Å². The molecule has 0 bridgehead atoms. The molecule has 1 aromatic rings. The Kier molecular flexibility index (Phi) is 6.87. The van der Waals surface area contributed by atoms with Crippen LogP contribution in [0.1, 0.15) is 24.5 Å². The van der Waals surface area contributed by atoms with E-state index < -0.39 is 12.6 Å². The van der Waals surface area contributed by atoms with Crippen LogP contribution in [0.4, 0.5) is 13.2 Å². The molecular weight excluding hydrogens is 255 g/mol. The molecule has 0 unspecified atom stereocenters. The number of ether oxygens (including phenoxy) is 1. The Balaban J connectivity index is 2.39. The van der Waals surface area contributed by atoms with Crippen LogP contribution < -0.4 is 5.32 Å². The van der Waals surface area contributed by atoms with Crippen LogP contribution >= 0.6 is 0 Å². The van der Waals surface area contributed by atoms with E-state index in [1.807, 2.05) is 31.2 Å². The standard InChI is InChI=1S/C14H20F3NO/c1-2-18-9-7-12-5-3-4-6-13(12)11-19-10-8-14(15,16)17/h3-6,18H,2,7-11H2,1H3. The van der Waals surface area contributed by atoms with Crippen LogP contribution in [-0.2, 0) is 17.8 Å². The molecule has 1 N–H and O–H groups in total. The van der Waals surface area contributed by atoms with Crippen LogP contribution in [0.25, 0.3) is 0 Å². The lowest BCUT2D eigenvalue weighted by Crippen LogP contribution is -2.17. The normalized spacial score (nSPS) is 11.8. The molecule has 1 aromatic carbocycles. The fourth-order valence-corrected chi connectivity index (χ4v) is 1.71. The van der Waals surface area contributed by atoms with Crippen molar-refractivity contribution in [3.05, 3.63) is 35.4 Å². The smallest absolute Gasteiger partial charge is 0.376 e. The topological polar surface area (TPSA) is 21.3 Å². The SMILES string of the molecule is CCNCCc1ccccc1COCCC(F)(F)F. The Morgan fingerprint density at radius 3 is 2.47 bits per heavy atom. The Labute approximate surface area is 112 Å². The van der Waals surface area contributed by atoms with Crippen molar-refractivity contribution >= 4 is 0 Å². The molecule has 19 heavy (non-hydrogen) atoms. The van der Waals surface area contributed by atoms with E-state index in [0.717, 1.165) is 30.6 Å². The summed E-state index contributed by atoms with van der Waals surface area (Å²) in [6, 6.07) is 7.69. The van der Waals surface area contributed by atoms with Gasteiger partial charge in [-0.15, -0.1) is 0 Å². The highest BCUT2D eigenvalue weighted by atomic mass is 19.4. The van der Waals surface area contributed by atoms with E-state index in [1.54, 1.807) is 0 Å². The van der Waals surface area contributed by atoms with Gasteiger partial charge >= 0.3 is 6.18 Å². The van der Waals surface area contributed by atoms with Crippen LogP contribution in [-0.4, -0.2) is 25.9 Å². The predicted octanol–water partition coefficient (Wildman–Crippen LogP) is 3.31. The van der Waals surface area contributed by atoms with Crippen molar-refractivity contribution in [2.75, 3.05) is 19.7 Å². The van der Waals surface area contributed by atoms with Crippen LogP contribution in [0.15, 0.2) is 24.3 Å². The lowest BCUT2D eigenvalue weighted by atomic mass is 10.1. The minimum Gasteiger partial charge on any atom is -0.376 e. The van der Waals surface area contributed by atoms with E-state index in [2.05, 4.69) is 5.32 Å². The maximum absolute atomic E-state index is 12.0. The van der Waals surface area contributed by atoms with Gasteiger partial charge in [0.05, 0.1) is 19.6 Å². The highest BCUT2D eigenvalue weighted by molar-refractivity contribution is 5.26. The number of hydrogen-bond acceptors (Lipinski definition) is 2. The molecule has 0 aliphatic heterocycles. The van der Waals surface area contributed by atoms with Gasteiger partial charge in [0.2, 0.25) is 0 Å². The minimum atomic E-state index is -4.15. The van der Waals surface area contributed by atoms with E-state index >= 15 is 0 Å². The van der Waals surface area contributed by atoms with E-state index in [1.165, 1.54) is 0 Å². The third-order valence-electron chi connectivity index (χ3n) is 2.73. The number of halogens is 3. The first-order chi connectivity index (χ1) is 9.03. The van der Waals surface area contributed by atoms with E-state index in [9.17, 15) is 13.2 Å². The second-order valence-corrected chi connectivity index (χ2v) is 4.29. The zero-order valence-electron chi connectivity index (χ0n) is 11.1. The average molecular weight is 275 g/mol. The van der Waals surface area contributed by atoms with Gasteiger partial charge < -0.3 is 10.1 Å². The van der Waals surface area contributed by atoms with Crippen molar-refractivity contribution in [1.29, 1.82) is 0 Å². The summed E-state index contributed by atoms with van der Waals surface area (Å²) >= 11 is 0. The molecule has 0 radical (unpaired) electrons. The molecule has 0 spiro atoms. The number of nitrogens with one attached hydrogen (secondary N) is 1. The monoisotopic (exact) mass is 275 g/mol. The molecule has 0 saturated carbocycles. The molecule has 5 heteroatoms. The molecule has 0 amide bonds. The molecule has 1 rings (SSSR count). The Morgan fingerprint density at radius 2 is 1.84 bits per heavy atom.